The first kappa shape index (κ1) is 19.3. The zero-order chi connectivity index (χ0) is 19.2. The second-order valence-electron chi connectivity index (χ2n) is 7.17. The summed E-state index contributed by atoms with van der Waals surface area (Å²) < 4.78 is 12.7. The summed E-state index contributed by atoms with van der Waals surface area (Å²) in [5, 5.41) is 4.29. The summed E-state index contributed by atoms with van der Waals surface area (Å²) in [6.45, 7) is 3.15. The number of carbonyl (C=O) groups is 1. The fourth-order valence-corrected chi connectivity index (χ4v) is 3.77. The SMILES string of the molecule is COc1ccc(OC)c(CN(C(=O)CCn2cc(C)cn2)C2CCCC2)c1. The molecule has 27 heavy (non-hydrogen) atoms. The molecule has 1 heterocycles. The molecule has 1 aromatic carbocycles. The number of carbonyl (C=O) groups excluding carboxylic acids is 1. The van der Waals surface area contributed by atoms with Gasteiger partial charge < -0.3 is 14.4 Å². The van der Waals surface area contributed by atoms with Gasteiger partial charge >= 0.3 is 0 Å². The smallest absolute Gasteiger partial charge is 0.224 e. The quantitative estimate of drug-likeness (QED) is 0.712. The normalized spacial score (nSPS) is 14.3. The van der Waals surface area contributed by atoms with Crippen molar-refractivity contribution in [2.75, 3.05) is 14.2 Å². The molecule has 1 amide bonds. The van der Waals surface area contributed by atoms with E-state index < -0.39 is 0 Å². The molecule has 0 spiro atoms. The average Bonchev–Trinajstić information content (AvgIpc) is 3.35. The zero-order valence-corrected chi connectivity index (χ0v) is 16.5. The molecule has 2 aromatic rings. The van der Waals surface area contributed by atoms with Gasteiger partial charge in [0, 0.05) is 37.3 Å². The summed E-state index contributed by atoms with van der Waals surface area (Å²) in [6, 6.07) is 6.04. The molecule has 0 unspecified atom stereocenters. The Hall–Kier alpha value is -2.50. The average molecular weight is 371 g/mol. The molecule has 0 bridgehead atoms. The molecule has 146 valence electrons. The van der Waals surface area contributed by atoms with Crippen LogP contribution in [-0.4, -0.2) is 40.8 Å². The van der Waals surface area contributed by atoms with E-state index in [1.807, 2.05) is 47.1 Å². The number of hydrogen-bond acceptors (Lipinski definition) is 4. The highest BCUT2D eigenvalue weighted by atomic mass is 16.5. The summed E-state index contributed by atoms with van der Waals surface area (Å²) in [7, 11) is 3.31. The van der Waals surface area contributed by atoms with Crippen molar-refractivity contribution in [3.05, 3.63) is 41.7 Å². The lowest BCUT2D eigenvalue weighted by atomic mass is 10.1. The first-order valence-electron chi connectivity index (χ1n) is 9.60. The lowest BCUT2D eigenvalue weighted by Crippen LogP contribution is -2.38. The molecule has 6 heteroatoms. The molecule has 0 radical (unpaired) electrons. The van der Waals surface area contributed by atoms with Crippen molar-refractivity contribution < 1.29 is 14.3 Å². The zero-order valence-electron chi connectivity index (χ0n) is 16.5. The van der Waals surface area contributed by atoms with Crippen LogP contribution in [0.15, 0.2) is 30.6 Å². The number of hydrogen-bond donors (Lipinski definition) is 0. The van der Waals surface area contributed by atoms with E-state index in [9.17, 15) is 4.79 Å². The molecule has 0 N–H and O–H groups in total. The molecule has 0 saturated heterocycles. The van der Waals surface area contributed by atoms with Crippen LogP contribution in [0.3, 0.4) is 0 Å². The molecular formula is C21H29N3O3. The van der Waals surface area contributed by atoms with Crippen LogP contribution in [0.1, 0.15) is 43.2 Å². The largest absolute Gasteiger partial charge is 0.497 e. The van der Waals surface area contributed by atoms with Crippen molar-refractivity contribution in [1.82, 2.24) is 14.7 Å². The van der Waals surface area contributed by atoms with Crippen molar-refractivity contribution in [3.63, 3.8) is 0 Å². The number of nitrogens with zero attached hydrogens (tertiary/aromatic N) is 3. The first-order chi connectivity index (χ1) is 13.1. The van der Waals surface area contributed by atoms with Gasteiger partial charge in [0.2, 0.25) is 5.91 Å². The summed E-state index contributed by atoms with van der Waals surface area (Å²) in [6.07, 6.45) is 8.74. The van der Waals surface area contributed by atoms with Crippen LogP contribution < -0.4 is 9.47 Å². The number of aromatic nitrogens is 2. The number of rotatable bonds is 8. The maximum Gasteiger partial charge on any atom is 0.224 e. The van der Waals surface area contributed by atoms with Gasteiger partial charge in [-0.2, -0.15) is 5.10 Å². The lowest BCUT2D eigenvalue weighted by Gasteiger charge is -2.30. The van der Waals surface area contributed by atoms with E-state index >= 15 is 0 Å². The Kier molecular flexibility index (Phi) is 6.37. The highest BCUT2D eigenvalue weighted by Crippen LogP contribution is 2.30. The fraction of sp³-hybridized carbons (Fsp3) is 0.524. The van der Waals surface area contributed by atoms with E-state index in [2.05, 4.69) is 5.10 Å². The lowest BCUT2D eigenvalue weighted by molar-refractivity contribution is -0.134. The number of ether oxygens (including phenoxy) is 2. The van der Waals surface area contributed by atoms with Gasteiger partial charge in [0.1, 0.15) is 11.5 Å². The third-order valence-electron chi connectivity index (χ3n) is 5.23. The van der Waals surface area contributed by atoms with Gasteiger partial charge in [-0.1, -0.05) is 12.8 Å². The van der Waals surface area contributed by atoms with Crippen LogP contribution in [0.4, 0.5) is 0 Å². The Labute approximate surface area is 161 Å². The van der Waals surface area contributed by atoms with E-state index in [1.54, 1.807) is 14.2 Å². The molecule has 1 saturated carbocycles. The summed E-state index contributed by atoms with van der Waals surface area (Å²) in [4.78, 5) is 15.1. The van der Waals surface area contributed by atoms with Gasteiger partial charge in [-0.05, 0) is 43.5 Å². The number of benzene rings is 1. The first-order valence-corrected chi connectivity index (χ1v) is 9.60. The molecule has 1 fully saturated rings. The maximum absolute atomic E-state index is 13.1. The third kappa shape index (κ3) is 4.81. The standard InChI is InChI=1S/C21H29N3O3/c1-16-13-22-23(14-16)11-10-21(25)24(18-6-4-5-7-18)15-17-12-19(26-2)8-9-20(17)27-3/h8-9,12-14,18H,4-7,10-11,15H2,1-3H3. The van der Waals surface area contributed by atoms with E-state index in [4.69, 9.17) is 9.47 Å². The highest BCUT2D eigenvalue weighted by Gasteiger charge is 2.27. The Bertz CT molecular complexity index is 766. The van der Waals surface area contributed by atoms with Crippen molar-refractivity contribution in [1.29, 1.82) is 0 Å². The Morgan fingerprint density at radius 1 is 1.26 bits per heavy atom. The molecule has 1 aliphatic carbocycles. The van der Waals surface area contributed by atoms with Gasteiger partial charge in [0.25, 0.3) is 0 Å². The van der Waals surface area contributed by atoms with E-state index in [0.717, 1.165) is 35.5 Å². The van der Waals surface area contributed by atoms with E-state index in [1.165, 1.54) is 12.8 Å². The van der Waals surface area contributed by atoms with Gasteiger partial charge in [-0.3, -0.25) is 9.48 Å². The molecule has 1 aromatic heterocycles. The van der Waals surface area contributed by atoms with Gasteiger partial charge in [0.15, 0.2) is 0 Å². The van der Waals surface area contributed by atoms with Crippen molar-refractivity contribution >= 4 is 5.91 Å². The predicted octanol–water partition coefficient (Wildman–Crippen LogP) is 3.57. The van der Waals surface area contributed by atoms with Crippen LogP contribution >= 0.6 is 0 Å². The Morgan fingerprint density at radius 2 is 2.04 bits per heavy atom. The highest BCUT2D eigenvalue weighted by molar-refractivity contribution is 5.76. The minimum absolute atomic E-state index is 0.167. The van der Waals surface area contributed by atoms with E-state index in [0.29, 0.717) is 25.6 Å². The number of methoxy groups -OCH3 is 2. The summed E-state index contributed by atoms with van der Waals surface area (Å²) in [5.74, 6) is 1.73. The minimum atomic E-state index is 0.167. The summed E-state index contributed by atoms with van der Waals surface area (Å²) in [5.41, 5.74) is 2.09. The maximum atomic E-state index is 13.1. The van der Waals surface area contributed by atoms with E-state index in [-0.39, 0.29) is 5.91 Å². The third-order valence-corrected chi connectivity index (χ3v) is 5.23. The minimum Gasteiger partial charge on any atom is -0.497 e. The monoisotopic (exact) mass is 371 g/mol. The van der Waals surface area contributed by atoms with Crippen molar-refractivity contribution in [3.8, 4) is 11.5 Å². The predicted molar refractivity (Wildman–Crippen MR) is 104 cm³/mol. The van der Waals surface area contributed by atoms with Gasteiger partial charge in [-0.15, -0.1) is 0 Å². The Morgan fingerprint density at radius 3 is 2.67 bits per heavy atom. The Balaban J connectivity index is 1.76. The van der Waals surface area contributed by atoms with Crippen LogP contribution in [0.5, 0.6) is 11.5 Å². The number of amides is 1. The molecular weight excluding hydrogens is 342 g/mol. The molecule has 6 nitrogen and oxygen atoms in total. The molecule has 0 atom stereocenters. The van der Waals surface area contributed by atoms with Crippen LogP contribution in [0.25, 0.3) is 0 Å². The number of aryl methyl sites for hydroxylation is 2. The van der Waals surface area contributed by atoms with Gasteiger partial charge in [-0.25, -0.2) is 0 Å². The molecule has 0 aliphatic heterocycles. The van der Waals surface area contributed by atoms with Gasteiger partial charge in [0.05, 0.1) is 20.4 Å². The molecule has 1 aliphatic rings. The second-order valence-corrected chi connectivity index (χ2v) is 7.17. The second kappa shape index (κ2) is 8.93. The van der Waals surface area contributed by atoms with Crippen molar-refractivity contribution in [2.24, 2.45) is 0 Å². The van der Waals surface area contributed by atoms with Crippen LogP contribution in [0, 0.1) is 6.92 Å². The topological polar surface area (TPSA) is 56.6 Å². The van der Waals surface area contributed by atoms with Crippen molar-refractivity contribution in [2.45, 2.75) is 58.2 Å². The molecule has 3 rings (SSSR count). The van der Waals surface area contributed by atoms with Crippen LogP contribution in [-0.2, 0) is 17.9 Å². The fourth-order valence-electron chi connectivity index (χ4n) is 3.77. The summed E-state index contributed by atoms with van der Waals surface area (Å²) >= 11 is 0. The van der Waals surface area contributed by atoms with Crippen LogP contribution in [0.2, 0.25) is 0 Å².